The van der Waals surface area contributed by atoms with Gasteiger partial charge >= 0.3 is 0 Å². The predicted octanol–water partition coefficient (Wildman–Crippen LogP) is 5.06. The largest absolute Gasteiger partial charge is 0.367 e. The molecule has 0 bridgehead atoms. The van der Waals surface area contributed by atoms with Crippen molar-refractivity contribution < 1.29 is 13.6 Å². The van der Waals surface area contributed by atoms with Crippen LogP contribution in [0.4, 0.5) is 20.3 Å². The number of hydrogen-bond donors (Lipinski definition) is 1. The molecule has 1 saturated heterocycles. The number of halogens is 2. The highest BCUT2D eigenvalue weighted by molar-refractivity contribution is 6.03. The van der Waals surface area contributed by atoms with Crippen molar-refractivity contribution in [1.82, 2.24) is 14.8 Å². The van der Waals surface area contributed by atoms with Crippen molar-refractivity contribution in [3.8, 4) is 11.8 Å². The zero-order chi connectivity index (χ0) is 24.8. The number of hydrogen-bond acceptors (Lipinski definition) is 4. The Labute approximate surface area is 205 Å². The number of carbonyl (C=O) groups excluding carboxylic acids is 1. The molecule has 2 aromatic rings. The Kier molecular flexibility index (Phi) is 8.17. The number of alkyl halides is 2. The molecule has 6 nitrogen and oxygen atoms in total. The first-order valence-corrected chi connectivity index (χ1v) is 12.4. The summed E-state index contributed by atoms with van der Waals surface area (Å²) in [5, 5.41) is 7.09. The van der Waals surface area contributed by atoms with Crippen LogP contribution in [0.25, 0.3) is 0 Å². The lowest BCUT2D eigenvalue weighted by atomic mass is 9.82. The molecule has 3 unspecified atom stereocenters. The maximum absolute atomic E-state index is 13.3. The van der Waals surface area contributed by atoms with Crippen LogP contribution in [-0.4, -0.2) is 39.9 Å². The van der Waals surface area contributed by atoms with Gasteiger partial charge in [0.25, 0.3) is 5.91 Å². The molecule has 35 heavy (non-hydrogen) atoms. The second-order valence-corrected chi connectivity index (χ2v) is 9.49. The Morgan fingerprint density at radius 3 is 2.77 bits per heavy atom. The second-order valence-electron chi connectivity index (χ2n) is 9.49. The van der Waals surface area contributed by atoms with Crippen molar-refractivity contribution in [2.75, 3.05) is 23.4 Å². The summed E-state index contributed by atoms with van der Waals surface area (Å²) in [6, 6.07) is 4.15. The van der Waals surface area contributed by atoms with Crippen LogP contribution in [-0.2, 0) is 18.0 Å². The van der Waals surface area contributed by atoms with E-state index in [1.165, 1.54) is 17.2 Å². The van der Waals surface area contributed by atoms with Crippen LogP contribution < -0.4 is 10.2 Å². The molecule has 0 spiro atoms. The first kappa shape index (κ1) is 24.9. The molecule has 1 fully saturated rings. The summed E-state index contributed by atoms with van der Waals surface area (Å²) in [4.78, 5) is 19.6. The van der Waals surface area contributed by atoms with Gasteiger partial charge in [0.15, 0.2) is 5.82 Å². The zero-order valence-corrected chi connectivity index (χ0v) is 20.4. The van der Waals surface area contributed by atoms with Crippen LogP contribution in [0.5, 0.6) is 0 Å². The molecule has 3 atom stereocenters. The lowest BCUT2D eigenvalue weighted by Crippen LogP contribution is -2.45. The minimum Gasteiger partial charge on any atom is -0.367 e. The van der Waals surface area contributed by atoms with E-state index in [9.17, 15) is 13.6 Å². The number of nitrogens with one attached hydrogen (secondary N) is 1. The zero-order valence-electron chi connectivity index (χ0n) is 20.4. The van der Waals surface area contributed by atoms with E-state index in [4.69, 9.17) is 0 Å². The van der Waals surface area contributed by atoms with Crippen molar-refractivity contribution in [2.24, 2.45) is 11.8 Å². The van der Waals surface area contributed by atoms with Gasteiger partial charge in [0.05, 0.1) is 24.3 Å². The smallest absolute Gasteiger partial charge is 0.252 e. The number of anilines is 2. The van der Waals surface area contributed by atoms with E-state index < -0.39 is 13.3 Å². The molecule has 0 saturated carbocycles. The van der Waals surface area contributed by atoms with Gasteiger partial charge in [0.2, 0.25) is 0 Å². The lowest BCUT2D eigenvalue weighted by Gasteiger charge is -2.40. The number of aryl methyl sites for hydroxylation is 1. The minimum atomic E-state index is -0.691. The maximum atomic E-state index is 13.3. The van der Waals surface area contributed by atoms with Gasteiger partial charge in [-0.3, -0.25) is 18.9 Å². The molecular weight excluding hydrogens is 448 g/mol. The van der Waals surface area contributed by atoms with Gasteiger partial charge in [0.1, 0.15) is 6.67 Å². The molecule has 3 heterocycles. The lowest BCUT2D eigenvalue weighted by molar-refractivity contribution is -0.113. The number of allylic oxidation sites excluding steroid dienone is 1. The van der Waals surface area contributed by atoms with E-state index >= 15 is 0 Å². The number of pyridine rings is 1. The molecule has 1 aliphatic carbocycles. The SMILES string of the molecule is CC1CCC(C(=O)Nc2cc(CF)n(CCCCF)n2)=CC1C#Cc1cncc(N2CCC2C)c1. The van der Waals surface area contributed by atoms with Crippen molar-refractivity contribution in [1.29, 1.82) is 0 Å². The molecule has 186 valence electrons. The highest BCUT2D eigenvalue weighted by Crippen LogP contribution is 2.29. The van der Waals surface area contributed by atoms with E-state index in [2.05, 4.69) is 52.1 Å². The number of aromatic nitrogens is 3. The Morgan fingerprint density at radius 1 is 1.20 bits per heavy atom. The van der Waals surface area contributed by atoms with E-state index in [1.54, 1.807) is 6.20 Å². The summed E-state index contributed by atoms with van der Waals surface area (Å²) < 4.78 is 27.2. The monoisotopic (exact) mass is 481 g/mol. The van der Waals surface area contributed by atoms with Gasteiger partial charge in [-0.2, -0.15) is 5.10 Å². The van der Waals surface area contributed by atoms with E-state index in [-0.39, 0.29) is 11.8 Å². The van der Waals surface area contributed by atoms with Crippen LogP contribution in [0.1, 0.15) is 57.2 Å². The second kappa shape index (κ2) is 11.5. The normalized spacial score (nSPS) is 21.5. The summed E-state index contributed by atoms with van der Waals surface area (Å²) in [5.41, 5.74) is 3.01. The van der Waals surface area contributed by atoms with Crippen LogP contribution in [0.2, 0.25) is 0 Å². The Balaban J connectivity index is 1.44. The van der Waals surface area contributed by atoms with Crippen molar-refractivity contribution in [2.45, 2.75) is 65.2 Å². The summed E-state index contributed by atoms with van der Waals surface area (Å²) in [6.07, 6.45) is 9.27. The third-order valence-electron chi connectivity index (χ3n) is 6.91. The number of unbranched alkanes of at least 4 members (excludes halogenated alkanes) is 1. The van der Waals surface area contributed by atoms with Gasteiger partial charge in [0, 0.05) is 48.4 Å². The van der Waals surface area contributed by atoms with E-state index in [1.807, 2.05) is 12.3 Å². The van der Waals surface area contributed by atoms with E-state index in [0.717, 1.165) is 24.2 Å². The predicted molar refractivity (Wildman–Crippen MR) is 133 cm³/mol. The average molecular weight is 482 g/mol. The molecule has 2 aliphatic rings. The molecule has 0 aromatic carbocycles. The Morgan fingerprint density at radius 2 is 2.06 bits per heavy atom. The topological polar surface area (TPSA) is 63.1 Å². The fourth-order valence-corrected chi connectivity index (χ4v) is 4.49. The van der Waals surface area contributed by atoms with Crippen LogP contribution in [0.15, 0.2) is 36.2 Å². The summed E-state index contributed by atoms with van der Waals surface area (Å²) in [5.74, 6) is 6.95. The van der Waals surface area contributed by atoms with Crippen LogP contribution in [0.3, 0.4) is 0 Å². The van der Waals surface area contributed by atoms with Gasteiger partial charge in [-0.05, 0) is 51.0 Å². The molecular formula is C27H33F2N5O. The highest BCUT2D eigenvalue weighted by atomic mass is 19.1. The number of amides is 1. The van der Waals surface area contributed by atoms with Gasteiger partial charge < -0.3 is 10.2 Å². The Bertz CT molecular complexity index is 1130. The summed E-state index contributed by atoms with van der Waals surface area (Å²) in [7, 11) is 0. The molecule has 8 heteroatoms. The van der Waals surface area contributed by atoms with Crippen molar-refractivity contribution in [3.05, 3.63) is 47.4 Å². The maximum Gasteiger partial charge on any atom is 0.252 e. The van der Waals surface area contributed by atoms with E-state index in [0.29, 0.717) is 54.9 Å². The van der Waals surface area contributed by atoms with Crippen LogP contribution in [0, 0.1) is 23.7 Å². The number of carbonyl (C=O) groups is 1. The van der Waals surface area contributed by atoms with Crippen molar-refractivity contribution in [3.63, 3.8) is 0 Å². The third kappa shape index (κ3) is 6.08. The average Bonchev–Trinajstić information content (AvgIpc) is 3.24. The number of rotatable bonds is 8. The first-order chi connectivity index (χ1) is 17.0. The molecule has 1 aliphatic heterocycles. The van der Waals surface area contributed by atoms with Crippen molar-refractivity contribution >= 4 is 17.4 Å². The fraction of sp³-hybridized carbons (Fsp3) is 0.519. The first-order valence-electron chi connectivity index (χ1n) is 12.4. The minimum absolute atomic E-state index is 0.0456. The molecule has 0 radical (unpaired) electrons. The summed E-state index contributed by atoms with van der Waals surface area (Å²) >= 11 is 0. The molecule has 1 amide bonds. The molecule has 4 rings (SSSR count). The standard InChI is InChI=1S/C27H33F2N5O/c1-19-5-7-23(27(35)31-26-15-24(16-29)34(32-26)11-4-3-10-28)14-22(19)8-6-21-13-25(18-30-17-21)33-12-9-20(33)2/h13-15,17-20,22H,3-5,7,9-12,16H2,1-2H3,(H,31,32,35). The third-order valence-corrected chi connectivity index (χ3v) is 6.91. The fourth-order valence-electron chi connectivity index (χ4n) is 4.49. The Hall–Kier alpha value is -3.21. The molecule has 2 aromatic heterocycles. The number of nitrogens with zero attached hydrogens (tertiary/aromatic N) is 4. The highest BCUT2D eigenvalue weighted by Gasteiger charge is 2.25. The van der Waals surface area contributed by atoms with Gasteiger partial charge in [-0.15, -0.1) is 0 Å². The molecule has 1 N–H and O–H groups in total. The van der Waals surface area contributed by atoms with Gasteiger partial charge in [-0.25, -0.2) is 4.39 Å². The summed E-state index contributed by atoms with van der Waals surface area (Å²) in [6.45, 7) is 4.72. The van der Waals surface area contributed by atoms with Crippen LogP contribution >= 0.6 is 0 Å². The van der Waals surface area contributed by atoms with Gasteiger partial charge in [-0.1, -0.05) is 24.8 Å². The quantitative estimate of drug-likeness (QED) is 0.423.